The van der Waals surface area contributed by atoms with Crippen LogP contribution < -0.4 is 5.84 Å². The van der Waals surface area contributed by atoms with E-state index < -0.39 is 12.0 Å². The van der Waals surface area contributed by atoms with E-state index in [0.717, 1.165) is 24.3 Å². The number of rotatable bonds is 17. The Balaban J connectivity index is 3.57. The topological polar surface area (TPSA) is 83.6 Å². The van der Waals surface area contributed by atoms with Crippen molar-refractivity contribution in [3.05, 3.63) is 0 Å². The van der Waals surface area contributed by atoms with Gasteiger partial charge >= 0.3 is 5.97 Å². The Morgan fingerprint density at radius 2 is 1.19 bits per heavy atom. The highest BCUT2D eigenvalue weighted by Gasteiger charge is 2.29. The first kappa shape index (κ1) is 24.9. The molecule has 0 heterocycles. The maximum Gasteiger partial charge on any atom is 0.328 e. The van der Waals surface area contributed by atoms with Gasteiger partial charge in [-0.25, -0.2) is 10.6 Å². The second-order valence-electron chi connectivity index (χ2n) is 7.82. The van der Waals surface area contributed by atoms with Crippen LogP contribution in [-0.4, -0.2) is 28.0 Å². The van der Waals surface area contributed by atoms with Gasteiger partial charge in [0.25, 0.3) is 0 Å². The van der Waals surface area contributed by atoms with Crippen LogP contribution in [0.1, 0.15) is 111 Å². The molecule has 0 aromatic rings. The van der Waals surface area contributed by atoms with E-state index in [0.29, 0.717) is 6.42 Å². The summed E-state index contributed by atoms with van der Waals surface area (Å²) in [5, 5.41) is 10.1. The van der Waals surface area contributed by atoms with Crippen LogP contribution in [0.25, 0.3) is 0 Å². The Morgan fingerprint density at radius 1 is 0.808 bits per heavy atom. The Labute approximate surface area is 160 Å². The third-order valence-electron chi connectivity index (χ3n) is 4.97. The highest BCUT2D eigenvalue weighted by molar-refractivity contribution is 5.83. The average molecular weight is 371 g/mol. The quantitative estimate of drug-likeness (QED) is 0.158. The van der Waals surface area contributed by atoms with Crippen LogP contribution in [0.4, 0.5) is 0 Å². The average Bonchev–Trinajstić information content (AvgIpc) is 2.58. The van der Waals surface area contributed by atoms with Crippen LogP contribution in [-0.2, 0) is 9.59 Å². The molecule has 0 fully saturated rings. The summed E-state index contributed by atoms with van der Waals surface area (Å²) in [5.41, 5.74) is 0. The molecule has 0 saturated carbocycles. The van der Waals surface area contributed by atoms with Crippen molar-refractivity contribution in [3.8, 4) is 0 Å². The first-order chi connectivity index (χ1) is 12.4. The molecule has 0 spiro atoms. The standard InChI is InChI=1S/C21H42N2O3/c1-4-5-6-7-8-9-10-11-12-13-14-15-16-17-19(24)23(22)20(18(2)3)21(25)26/h18,20H,4-17,22H2,1-3H3,(H,25,26). The largest absolute Gasteiger partial charge is 0.480 e. The molecule has 3 N–H and O–H groups in total. The number of aliphatic carboxylic acids is 1. The summed E-state index contributed by atoms with van der Waals surface area (Å²) in [7, 11) is 0. The molecule has 1 unspecified atom stereocenters. The van der Waals surface area contributed by atoms with Crippen molar-refractivity contribution >= 4 is 11.9 Å². The number of nitrogens with two attached hydrogens (primary N) is 1. The molecule has 0 aliphatic carbocycles. The predicted molar refractivity (Wildman–Crippen MR) is 108 cm³/mol. The molecule has 0 saturated heterocycles. The van der Waals surface area contributed by atoms with Gasteiger partial charge in [0.05, 0.1) is 0 Å². The van der Waals surface area contributed by atoms with Gasteiger partial charge in [-0.15, -0.1) is 0 Å². The van der Waals surface area contributed by atoms with Crippen LogP contribution in [0, 0.1) is 5.92 Å². The molecule has 0 radical (unpaired) electrons. The lowest BCUT2D eigenvalue weighted by Crippen LogP contribution is -2.52. The third-order valence-corrected chi connectivity index (χ3v) is 4.97. The highest BCUT2D eigenvalue weighted by atomic mass is 16.4. The molecule has 0 aliphatic rings. The van der Waals surface area contributed by atoms with Crippen molar-refractivity contribution < 1.29 is 14.7 Å². The summed E-state index contributed by atoms with van der Waals surface area (Å²) in [4.78, 5) is 23.2. The van der Waals surface area contributed by atoms with Gasteiger partial charge in [0, 0.05) is 6.42 Å². The molecule has 26 heavy (non-hydrogen) atoms. The van der Waals surface area contributed by atoms with Crippen LogP contribution in [0.5, 0.6) is 0 Å². The second kappa shape index (κ2) is 16.1. The first-order valence-corrected chi connectivity index (χ1v) is 10.7. The van der Waals surface area contributed by atoms with Crippen LogP contribution in [0.15, 0.2) is 0 Å². The third kappa shape index (κ3) is 12.3. The van der Waals surface area contributed by atoms with Crippen LogP contribution >= 0.6 is 0 Å². The van der Waals surface area contributed by atoms with Crippen molar-refractivity contribution in [3.63, 3.8) is 0 Å². The number of carbonyl (C=O) groups is 2. The maximum atomic E-state index is 12.0. The second-order valence-corrected chi connectivity index (χ2v) is 7.82. The van der Waals surface area contributed by atoms with E-state index >= 15 is 0 Å². The molecule has 1 amide bonds. The minimum absolute atomic E-state index is 0.201. The minimum Gasteiger partial charge on any atom is -0.480 e. The van der Waals surface area contributed by atoms with Gasteiger partial charge in [-0.2, -0.15) is 0 Å². The number of carbonyl (C=O) groups excluding carboxylic acids is 1. The number of hydrogen-bond acceptors (Lipinski definition) is 3. The number of hydrazine groups is 1. The summed E-state index contributed by atoms with van der Waals surface area (Å²) in [6.45, 7) is 5.77. The van der Waals surface area contributed by atoms with Gasteiger partial charge in [0.1, 0.15) is 6.04 Å². The summed E-state index contributed by atoms with van der Waals surface area (Å²) >= 11 is 0. The van der Waals surface area contributed by atoms with Crippen molar-refractivity contribution in [2.24, 2.45) is 11.8 Å². The van der Waals surface area contributed by atoms with Crippen molar-refractivity contribution in [2.45, 2.75) is 117 Å². The van der Waals surface area contributed by atoms with E-state index in [-0.39, 0.29) is 11.8 Å². The number of carboxylic acids is 1. The van der Waals surface area contributed by atoms with E-state index in [1.165, 1.54) is 64.2 Å². The van der Waals surface area contributed by atoms with Crippen molar-refractivity contribution in [2.75, 3.05) is 0 Å². The number of unbranched alkanes of at least 4 members (excludes halogenated alkanes) is 12. The molecule has 0 aromatic carbocycles. The number of nitrogens with zero attached hydrogens (tertiary/aromatic N) is 1. The lowest BCUT2D eigenvalue weighted by atomic mass is 10.0. The van der Waals surface area contributed by atoms with E-state index in [1.54, 1.807) is 13.8 Å². The summed E-state index contributed by atoms with van der Waals surface area (Å²) in [6, 6.07) is -0.940. The zero-order chi connectivity index (χ0) is 19.8. The SMILES string of the molecule is CCCCCCCCCCCCCCCC(=O)N(N)C(C(=O)O)C(C)C. The summed E-state index contributed by atoms with van der Waals surface area (Å²) in [5.74, 6) is 4.20. The molecular weight excluding hydrogens is 328 g/mol. The molecule has 5 nitrogen and oxygen atoms in total. The van der Waals surface area contributed by atoms with Crippen LogP contribution in [0.2, 0.25) is 0 Å². The van der Waals surface area contributed by atoms with E-state index in [1.807, 2.05) is 0 Å². The van der Waals surface area contributed by atoms with Gasteiger partial charge in [-0.1, -0.05) is 97.8 Å². The molecule has 1 atom stereocenters. The van der Waals surface area contributed by atoms with Crippen LogP contribution in [0.3, 0.4) is 0 Å². The number of hydrogen-bond donors (Lipinski definition) is 2. The molecule has 5 heteroatoms. The maximum absolute atomic E-state index is 12.0. The smallest absolute Gasteiger partial charge is 0.328 e. The fourth-order valence-corrected chi connectivity index (χ4v) is 3.30. The monoisotopic (exact) mass is 370 g/mol. The van der Waals surface area contributed by atoms with E-state index in [9.17, 15) is 14.7 Å². The summed E-state index contributed by atoms with van der Waals surface area (Å²) < 4.78 is 0. The van der Waals surface area contributed by atoms with Gasteiger partial charge in [-0.05, 0) is 12.3 Å². The Kier molecular flexibility index (Phi) is 15.4. The highest BCUT2D eigenvalue weighted by Crippen LogP contribution is 2.14. The number of amides is 1. The predicted octanol–water partition coefficient (Wildman–Crippen LogP) is 5.28. The first-order valence-electron chi connectivity index (χ1n) is 10.7. The molecule has 0 aliphatic heterocycles. The molecule has 0 bridgehead atoms. The lowest BCUT2D eigenvalue weighted by molar-refractivity contribution is -0.152. The molecule has 0 aromatic heterocycles. The van der Waals surface area contributed by atoms with E-state index in [4.69, 9.17) is 5.84 Å². The Bertz CT molecular complexity index is 372. The Morgan fingerprint density at radius 3 is 1.54 bits per heavy atom. The fraction of sp³-hybridized carbons (Fsp3) is 0.905. The molecule has 0 rings (SSSR count). The van der Waals surface area contributed by atoms with Gasteiger partial charge < -0.3 is 5.11 Å². The fourth-order valence-electron chi connectivity index (χ4n) is 3.30. The van der Waals surface area contributed by atoms with E-state index in [2.05, 4.69) is 6.92 Å². The van der Waals surface area contributed by atoms with Gasteiger partial charge in [0.15, 0.2) is 0 Å². The van der Waals surface area contributed by atoms with Crippen molar-refractivity contribution in [1.82, 2.24) is 5.01 Å². The summed E-state index contributed by atoms with van der Waals surface area (Å²) in [6.07, 6.45) is 16.6. The van der Waals surface area contributed by atoms with Gasteiger partial charge in [0.2, 0.25) is 5.91 Å². The molecule has 154 valence electrons. The zero-order valence-electron chi connectivity index (χ0n) is 17.3. The zero-order valence-corrected chi connectivity index (χ0v) is 17.3. The normalized spacial score (nSPS) is 12.3. The van der Waals surface area contributed by atoms with Crippen molar-refractivity contribution in [1.29, 1.82) is 0 Å². The molecular formula is C21H42N2O3. The van der Waals surface area contributed by atoms with Gasteiger partial charge in [-0.3, -0.25) is 9.80 Å². The minimum atomic E-state index is -1.04. The Hall–Kier alpha value is -1.10. The number of carboxylic acid groups (broad SMARTS) is 1. The lowest BCUT2D eigenvalue weighted by Gasteiger charge is -2.26.